The van der Waals surface area contributed by atoms with Gasteiger partial charge in [-0.1, -0.05) is 0 Å². The minimum Gasteiger partial charge on any atom is -0.493 e. The number of piperidine rings is 1. The van der Waals surface area contributed by atoms with E-state index >= 15 is 0 Å². The Balaban J connectivity index is 2.03. The number of rotatable bonds is 5. The number of nitrogens with one attached hydrogen (secondary N) is 2. The van der Waals surface area contributed by atoms with Crippen molar-refractivity contribution in [1.82, 2.24) is 5.32 Å². The molecule has 1 aromatic rings. The van der Waals surface area contributed by atoms with Crippen molar-refractivity contribution in [2.45, 2.75) is 19.8 Å². The molecular formula is C15H22N2O3. The maximum atomic E-state index is 12.2. The van der Waals surface area contributed by atoms with Crippen LogP contribution in [0.4, 0.5) is 5.69 Å². The molecule has 110 valence electrons. The Morgan fingerprint density at radius 3 is 2.95 bits per heavy atom. The van der Waals surface area contributed by atoms with Crippen LogP contribution in [0.1, 0.15) is 19.8 Å². The van der Waals surface area contributed by atoms with Gasteiger partial charge in [0.05, 0.1) is 19.6 Å². The van der Waals surface area contributed by atoms with Crippen molar-refractivity contribution in [3.05, 3.63) is 18.2 Å². The number of anilines is 1. The van der Waals surface area contributed by atoms with Gasteiger partial charge >= 0.3 is 0 Å². The molecule has 1 heterocycles. The van der Waals surface area contributed by atoms with Gasteiger partial charge in [-0.3, -0.25) is 4.79 Å². The summed E-state index contributed by atoms with van der Waals surface area (Å²) < 4.78 is 10.7. The third-order valence-electron chi connectivity index (χ3n) is 3.40. The van der Waals surface area contributed by atoms with Crippen molar-refractivity contribution in [3.63, 3.8) is 0 Å². The fourth-order valence-electron chi connectivity index (χ4n) is 2.34. The van der Waals surface area contributed by atoms with Gasteiger partial charge in [-0.2, -0.15) is 0 Å². The summed E-state index contributed by atoms with van der Waals surface area (Å²) in [6.45, 7) is 4.25. The maximum absolute atomic E-state index is 12.2. The second-order valence-electron chi connectivity index (χ2n) is 4.83. The van der Waals surface area contributed by atoms with E-state index in [-0.39, 0.29) is 11.8 Å². The summed E-state index contributed by atoms with van der Waals surface area (Å²) in [6.07, 6.45) is 1.98. The lowest BCUT2D eigenvalue weighted by Gasteiger charge is -2.22. The van der Waals surface area contributed by atoms with Gasteiger partial charge in [0.2, 0.25) is 5.91 Å². The zero-order valence-electron chi connectivity index (χ0n) is 12.1. The van der Waals surface area contributed by atoms with E-state index in [0.29, 0.717) is 18.1 Å². The molecular weight excluding hydrogens is 256 g/mol. The molecule has 5 nitrogen and oxygen atoms in total. The van der Waals surface area contributed by atoms with Gasteiger partial charge in [0, 0.05) is 18.3 Å². The summed E-state index contributed by atoms with van der Waals surface area (Å²) in [4.78, 5) is 12.2. The average molecular weight is 278 g/mol. The van der Waals surface area contributed by atoms with Crippen LogP contribution in [0.15, 0.2) is 18.2 Å². The molecule has 0 saturated carbocycles. The van der Waals surface area contributed by atoms with Crippen LogP contribution in [0.25, 0.3) is 0 Å². The number of carbonyl (C=O) groups excluding carboxylic acids is 1. The molecule has 2 N–H and O–H groups in total. The van der Waals surface area contributed by atoms with Crippen LogP contribution >= 0.6 is 0 Å². The van der Waals surface area contributed by atoms with Crippen LogP contribution in [-0.4, -0.2) is 32.7 Å². The second-order valence-corrected chi connectivity index (χ2v) is 4.83. The molecule has 1 unspecified atom stereocenters. The van der Waals surface area contributed by atoms with Gasteiger partial charge in [-0.15, -0.1) is 0 Å². The standard InChI is InChI=1S/C15H22N2O3/c1-3-20-13-7-6-12(9-14(13)19-2)17-15(18)11-5-4-8-16-10-11/h6-7,9,11,16H,3-5,8,10H2,1-2H3,(H,17,18). The monoisotopic (exact) mass is 278 g/mol. The Labute approximate surface area is 119 Å². The molecule has 1 aliphatic heterocycles. The van der Waals surface area contributed by atoms with E-state index in [4.69, 9.17) is 9.47 Å². The highest BCUT2D eigenvalue weighted by Gasteiger charge is 2.21. The first kappa shape index (κ1) is 14.7. The highest BCUT2D eigenvalue weighted by molar-refractivity contribution is 5.93. The molecule has 5 heteroatoms. The molecule has 0 aliphatic carbocycles. The summed E-state index contributed by atoms with van der Waals surface area (Å²) in [7, 11) is 1.59. The number of methoxy groups -OCH3 is 1. The topological polar surface area (TPSA) is 59.6 Å². The van der Waals surface area contributed by atoms with Crippen LogP contribution in [0, 0.1) is 5.92 Å². The zero-order chi connectivity index (χ0) is 14.4. The Bertz CT molecular complexity index is 456. The van der Waals surface area contributed by atoms with E-state index in [1.807, 2.05) is 19.1 Å². The molecule has 0 bridgehead atoms. The van der Waals surface area contributed by atoms with Crippen LogP contribution < -0.4 is 20.1 Å². The third kappa shape index (κ3) is 3.63. The van der Waals surface area contributed by atoms with E-state index in [1.54, 1.807) is 13.2 Å². The normalized spacial score (nSPS) is 18.4. The summed E-state index contributed by atoms with van der Waals surface area (Å²) in [5.41, 5.74) is 0.737. The summed E-state index contributed by atoms with van der Waals surface area (Å²) in [5.74, 6) is 1.42. The lowest BCUT2D eigenvalue weighted by Crippen LogP contribution is -2.37. The van der Waals surface area contributed by atoms with Crippen molar-refractivity contribution in [1.29, 1.82) is 0 Å². The summed E-state index contributed by atoms with van der Waals surface area (Å²) in [5, 5.41) is 6.19. The van der Waals surface area contributed by atoms with Gasteiger partial charge in [-0.05, 0) is 38.4 Å². The second kappa shape index (κ2) is 7.14. The molecule has 1 fully saturated rings. The predicted molar refractivity (Wildman–Crippen MR) is 78.4 cm³/mol. The van der Waals surface area contributed by atoms with Crippen LogP contribution in [0.2, 0.25) is 0 Å². The molecule has 1 atom stereocenters. The Morgan fingerprint density at radius 1 is 1.45 bits per heavy atom. The number of ether oxygens (including phenoxy) is 2. The molecule has 1 saturated heterocycles. The smallest absolute Gasteiger partial charge is 0.228 e. The van der Waals surface area contributed by atoms with Crippen LogP contribution in [0.5, 0.6) is 11.5 Å². The van der Waals surface area contributed by atoms with Gasteiger partial charge in [0.25, 0.3) is 0 Å². The SMILES string of the molecule is CCOc1ccc(NC(=O)C2CCCNC2)cc1OC. The van der Waals surface area contributed by atoms with Gasteiger partial charge in [0.15, 0.2) is 11.5 Å². The number of hydrogen-bond acceptors (Lipinski definition) is 4. The van der Waals surface area contributed by atoms with E-state index in [9.17, 15) is 4.79 Å². The largest absolute Gasteiger partial charge is 0.493 e. The summed E-state index contributed by atoms with van der Waals surface area (Å²) in [6, 6.07) is 5.44. The van der Waals surface area contributed by atoms with Gasteiger partial charge < -0.3 is 20.1 Å². The predicted octanol–water partition coefficient (Wildman–Crippen LogP) is 2.03. The Kier molecular flexibility index (Phi) is 5.24. The minimum absolute atomic E-state index is 0.0429. The Morgan fingerprint density at radius 2 is 2.30 bits per heavy atom. The Hall–Kier alpha value is -1.75. The first-order valence-electron chi connectivity index (χ1n) is 7.07. The van der Waals surface area contributed by atoms with E-state index in [0.717, 1.165) is 31.6 Å². The molecule has 0 aromatic heterocycles. The molecule has 1 amide bonds. The van der Waals surface area contributed by atoms with Crippen LogP contribution in [0.3, 0.4) is 0 Å². The molecule has 1 aliphatic rings. The lowest BCUT2D eigenvalue weighted by molar-refractivity contribution is -0.120. The average Bonchev–Trinajstić information content (AvgIpc) is 2.50. The summed E-state index contributed by atoms with van der Waals surface area (Å²) >= 11 is 0. The van der Waals surface area contributed by atoms with Crippen molar-refractivity contribution in [2.75, 3.05) is 32.1 Å². The first-order chi connectivity index (χ1) is 9.74. The quantitative estimate of drug-likeness (QED) is 0.865. The number of hydrogen-bond donors (Lipinski definition) is 2. The molecule has 1 aromatic carbocycles. The van der Waals surface area contributed by atoms with Gasteiger partial charge in [-0.25, -0.2) is 0 Å². The molecule has 2 rings (SSSR count). The number of amides is 1. The van der Waals surface area contributed by atoms with Gasteiger partial charge in [0.1, 0.15) is 0 Å². The minimum atomic E-state index is 0.0429. The lowest BCUT2D eigenvalue weighted by atomic mass is 9.99. The molecule has 0 radical (unpaired) electrons. The maximum Gasteiger partial charge on any atom is 0.228 e. The third-order valence-corrected chi connectivity index (χ3v) is 3.40. The van der Waals surface area contributed by atoms with Crippen molar-refractivity contribution < 1.29 is 14.3 Å². The molecule has 20 heavy (non-hydrogen) atoms. The van der Waals surface area contributed by atoms with Crippen molar-refractivity contribution >= 4 is 11.6 Å². The zero-order valence-corrected chi connectivity index (χ0v) is 12.1. The van der Waals surface area contributed by atoms with E-state index in [2.05, 4.69) is 10.6 Å². The fraction of sp³-hybridized carbons (Fsp3) is 0.533. The van der Waals surface area contributed by atoms with Crippen molar-refractivity contribution in [3.8, 4) is 11.5 Å². The van der Waals surface area contributed by atoms with E-state index < -0.39 is 0 Å². The van der Waals surface area contributed by atoms with E-state index in [1.165, 1.54) is 0 Å². The molecule has 0 spiro atoms. The number of carbonyl (C=O) groups is 1. The van der Waals surface area contributed by atoms with Crippen molar-refractivity contribution in [2.24, 2.45) is 5.92 Å². The van der Waals surface area contributed by atoms with Crippen LogP contribution in [-0.2, 0) is 4.79 Å². The highest BCUT2D eigenvalue weighted by Crippen LogP contribution is 2.30. The first-order valence-corrected chi connectivity index (χ1v) is 7.07. The number of benzene rings is 1. The highest BCUT2D eigenvalue weighted by atomic mass is 16.5. The fourth-order valence-corrected chi connectivity index (χ4v) is 2.34.